The van der Waals surface area contributed by atoms with E-state index in [1.165, 1.54) is 0 Å². The minimum atomic E-state index is -0.505. The molecule has 0 radical (unpaired) electrons. The van der Waals surface area contributed by atoms with Gasteiger partial charge in [0.2, 0.25) is 0 Å². The normalized spacial score (nSPS) is 10.4. The molecule has 0 unspecified atom stereocenters. The van der Waals surface area contributed by atoms with Crippen molar-refractivity contribution < 1.29 is 4.79 Å². The van der Waals surface area contributed by atoms with E-state index in [1.54, 1.807) is 12.1 Å². The lowest BCUT2D eigenvalue weighted by Crippen LogP contribution is -2.14. The van der Waals surface area contributed by atoms with Crippen LogP contribution in [0.2, 0.25) is 20.4 Å². The maximum atomic E-state index is 12.2. The van der Waals surface area contributed by atoms with Crippen molar-refractivity contribution in [2.75, 3.05) is 5.32 Å². The summed E-state index contributed by atoms with van der Waals surface area (Å²) in [5.74, 6) is -0.505. The number of aryl methyl sites for hydroxylation is 1. The lowest BCUT2D eigenvalue weighted by molar-refractivity contribution is 0.102. The summed E-state index contributed by atoms with van der Waals surface area (Å²) in [4.78, 5) is 15.9. The topological polar surface area (TPSA) is 42.0 Å². The van der Waals surface area contributed by atoms with Crippen molar-refractivity contribution in [2.24, 2.45) is 0 Å². The first-order valence-corrected chi connectivity index (χ1v) is 6.99. The van der Waals surface area contributed by atoms with Crippen molar-refractivity contribution in [1.29, 1.82) is 0 Å². The third-order valence-electron chi connectivity index (χ3n) is 2.53. The Morgan fingerprint density at radius 3 is 2.20 bits per heavy atom. The number of halogens is 4. The van der Waals surface area contributed by atoms with Crippen LogP contribution in [0, 0.1) is 6.92 Å². The molecular weight excluding hydrogens is 342 g/mol. The van der Waals surface area contributed by atoms with Crippen LogP contribution in [0.4, 0.5) is 5.69 Å². The lowest BCUT2D eigenvalue weighted by Gasteiger charge is -2.10. The van der Waals surface area contributed by atoms with Crippen LogP contribution in [0.25, 0.3) is 0 Å². The molecule has 7 heteroatoms. The van der Waals surface area contributed by atoms with E-state index in [0.29, 0.717) is 5.69 Å². The Kier molecular flexibility index (Phi) is 4.76. The van der Waals surface area contributed by atoms with Gasteiger partial charge in [-0.05, 0) is 19.1 Å². The number of rotatable bonds is 2. The molecule has 0 fully saturated rings. The molecule has 0 saturated heterocycles. The first-order chi connectivity index (χ1) is 9.40. The number of hydrogen-bond donors (Lipinski definition) is 1. The molecule has 2 rings (SSSR count). The van der Waals surface area contributed by atoms with E-state index >= 15 is 0 Å². The number of hydrogen-bond acceptors (Lipinski definition) is 2. The van der Waals surface area contributed by atoms with E-state index in [2.05, 4.69) is 10.3 Å². The minimum Gasteiger partial charge on any atom is -0.322 e. The van der Waals surface area contributed by atoms with Crippen LogP contribution in [-0.2, 0) is 0 Å². The van der Waals surface area contributed by atoms with E-state index in [9.17, 15) is 4.79 Å². The number of amides is 1. The molecule has 0 spiro atoms. The molecule has 1 heterocycles. The molecule has 0 aliphatic heterocycles. The van der Waals surface area contributed by atoms with E-state index in [-0.39, 0.29) is 25.9 Å². The Morgan fingerprint density at radius 2 is 1.60 bits per heavy atom. The zero-order chi connectivity index (χ0) is 14.9. The van der Waals surface area contributed by atoms with Crippen molar-refractivity contribution in [3.05, 3.63) is 55.7 Å². The Hall–Kier alpha value is -1.000. The van der Waals surface area contributed by atoms with E-state index < -0.39 is 5.91 Å². The first-order valence-electron chi connectivity index (χ1n) is 5.48. The summed E-state index contributed by atoms with van der Waals surface area (Å²) in [6, 6.07) is 7.26. The van der Waals surface area contributed by atoms with Crippen LogP contribution < -0.4 is 5.32 Å². The highest BCUT2D eigenvalue weighted by Gasteiger charge is 2.21. The number of benzene rings is 1. The third-order valence-corrected chi connectivity index (χ3v) is 4.02. The maximum Gasteiger partial charge on any atom is 0.260 e. The fraction of sp³-hybridized carbons (Fsp3) is 0.0769. The number of aromatic nitrogens is 1. The second-order valence-corrected chi connectivity index (χ2v) is 5.49. The SMILES string of the molecule is Cc1ccc(NC(=O)c2c(Cl)nc(Cl)c(Cl)c2Cl)cc1. The van der Waals surface area contributed by atoms with Gasteiger partial charge in [-0.1, -0.05) is 64.1 Å². The Labute approximate surface area is 135 Å². The number of anilines is 1. The van der Waals surface area contributed by atoms with Crippen LogP contribution in [-0.4, -0.2) is 10.9 Å². The second kappa shape index (κ2) is 6.19. The maximum absolute atomic E-state index is 12.2. The van der Waals surface area contributed by atoms with E-state index in [1.807, 2.05) is 19.1 Å². The highest BCUT2D eigenvalue weighted by molar-refractivity contribution is 6.50. The van der Waals surface area contributed by atoms with Gasteiger partial charge < -0.3 is 5.32 Å². The third kappa shape index (κ3) is 3.18. The predicted molar refractivity (Wildman–Crippen MR) is 83.4 cm³/mol. The summed E-state index contributed by atoms with van der Waals surface area (Å²) in [6.07, 6.45) is 0. The molecule has 0 atom stereocenters. The zero-order valence-electron chi connectivity index (χ0n) is 10.2. The van der Waals surface area contributed by atoms with Crippen molar-refractivity contribution in [2.45, 2.75) is 6.92 Å². The van der Waals surface area contributed by atoms with Gasteiger partial charge in [0.1, 0.15) is 5.15 Å². The number of nitrogens with zero attached hydrogens (tertiary/aromatic N) is 1. The number of carbonyl (C=O) groups is 1. The Bertz CT molecular complexity index is 671. The van der Waals surface area contributed by atoms with Gasteiger partial charge in [-0.2, -0.15) is 0 Å². The summed E-state index contributed by atoms with van der Waals surface area (Å²) in [5.41, 5.74) is 1.68. The Balaban J connectivity index is 2.34. The summed E-state index contributed by atoms with van der Waals surface area (Å²) in [5, 5.41) is 2.48. The summed E-state index contributed by atoms with van der Waals surface area (Å²) < 4.78 is 0. The van der Waals surface area contributed by atoms with Gasteiger partial charge in [0.25, 0.3) is 5.91 Å². The predicted octanol–water partition coefficient (Wildman–Crippen LogP) is 5.26. The average molecular weight is 350 g/mol. The fourth-order valence-corrected chi connectivity index (χ4v) is 2.49. The zero-order valence-corrected chi connectivity index (χ0v) is 13.2. The molecule has 0 saturated carbocycles. The van der Waals surface area contributed by atoms with Crippen molar-refractivity contribution in [3.63, 3.8) is 0 Å². The fourth-order valence-electron chi connectivity index (χ4n) is 1.51. The van der Waals surface area contributed by atoms with E-state index in [4.69, 9.17) is 46.4 Å². The van der Waals surface area contributed by atoms with Gasteiger partial charge in [-0.3, -0.25) is 4.79 Å². The average Bonchev–Trinajstić information content (AvgIpc) is 2.39. The van der Waals surface area contributed by atoms with Gasteiger partial charge in [0, 0.05) is 5.69 Å². The smallest absolute Gasteiger partial charge is 0.260 e. The monoisotopic (exact) mass is 348 g/mol. The molecule has 104 valence electrons. The van der Waals surface area contributed by atoms with Crippen molar-refractivity contribution >= 4 is 58.0 Å². The highest BCUT2D eigenvalue weighted by Crippen LogP contribution is 2.35. The Morgan fingerprint density at radius 1 is 1.00 bits per heavy atom. The summed E-state index contributed by atoms with van der Waals surface area (Å²) >= 11 is 23.5. The molecule has 1 N–H and O–H groups in total. The van der Waals surface area contributed by atoms with Crippen LogP contribution >= 0.6 is 46.4 Å². The van der Waals surface area contributed by atoms with Gasteiger partial charge in [0.15, 0.2) is 5.15 Å². The molecular formula is C13H8Cl4N2O. The van der Waals surface area contributed by atoms with Gasteiger partial charge in [-0.15, -0.1) is 0 Å². The standard InChI is InChI=1S/C13H8Cl4N2O/c1-6-2-4-7(5-3-6)18-13(20)8-9(14)10(15)12(17)19-11(8)16/h2-5H,1H3,(H,18,20). The van der Waals surface area contributed by atoms with Crippen molar-refractivity contribution in [3.8, 4) is 0 Å². The molecule has 1 amide bonds. The van der Waals surface area contributed by atoms with Crippen LogP contribution in [0.5, 0.6) is 0 Å². The number of pyridine rings is 1. The largest absolute Gasteiger partial charge is 0.322 e. The van der Waals surface area contributed by atoms with Crippen LogP contribution in [0.1, 0.15) is 15.9 Å². The van der Waals surface area contributed by atoms with Gasteiger partial charge >= 0.3 is 0 Å². The molecule has 20 heavy (non-hydrogen) atoms. The molecule has 1 aromatic carbocycles. The molecule has 0 bridgehead atoms. The molecule has 0 aliphatic carbocycles. The minimum absolute atomic E-state index is 0.00760. The highest BCUT2D eigenvalue weighted by atomic mass is 35.5. The summed E-state index contributed by atoms with van der Waals surface area (Å²) in [7, 11) is 0. The van der Waals surface area contributed by atoms with Crippen molar-refractivity contribution in [1.82, 2.24) is 4.98 Å². The molecule has 1 aromatic heterocycles. The second-order valence-electron chi connectivity index (χ2n) is 4.02. The lowest BCUT2D eigenvalue weighted by atomic mass is 10.2. The molecule has 2 aromatic rings. The van der Waals surface area contributed by atoms with E-state index in [0.717, 1.165) is 5.56 Å². The van der Waals surface area contributed by atoms with Gasteiger partial charge in [-0.25, -0.2) is 4.98 Å². The number of carbonyl (C=O) groups excluding carboxylic acids is 1. The first kappa shape index (κ1) is 15.4. The molecule has 3 nitrogen and oxygen atoms in total. The van der Waals surface area contributed by atoms with Crippen LogP contribution in [0.15, 0.2) is 24.3 Å². The quantitative estimate of drug-likeness (QED) is 0.751. The van der Waals surface area contributed by atoms with Crippen LogP contribution in [0.3, 0.4) is 0 Å². The molecule has 0 aliphatic rings. The summed E-state index contributed by atoms with van der Waals surface area (Å²) in [6.45, 7) is 1.95. The van der Waals surface area contributed by atoms with Gasteiger partial charge in [0.05, 0.1) is 15.6 Å². The number of nitrogens with one attached hydrogen (secondary N) is 1.